The number of carboxylic acid groups (broad SMARTS) is 1. The lowest BCUT2D eigenvalue weighted by atomic mass is 9.97. The first-order chi connectivity index (χ1) is 12.4. The summed E-state index contributed by atoms with van der Waals surface area (Å²) in [4.78, 5) is 24.7. The van der Waals surface area contributed by atoms with E-state index in [-0.39, 0.29) is 35.3 Å². The largest absolute Gasteiger partial charge is 0.492 e. The highest BCUT2D eigenvalue weighted by Crippen LogP contribution is 2.42. The van der Waals surface area contributed by atoms with Crippen LogP contribution in [0.25, 0.3) is 10.8 Å². The molecule has 6 heteroatoms. The van der Waals surface area contributed by atoms with E-state index in [2.05, 4.69) is 0 Å². The van der Waals surface area contributed by atoms with E-state index in [1.54, 1.807) is 45.0 Å². The van der Waals surface area contributed by atoms with Crippen LogP contribution in [0.4, 0.5) is 0 Å². The highest BCUT2D eigenvalue weighted by Gasteiger charge is 2.31. The molecule has 0 unspecified atom stereocenters. The highest BCUT2D eigenvalue weighted by molar-refractivity contribution is 6.14. The minimum atomic E-state index is -1.27. The molecule has 2 rings (SSSR count). The third kappa shape index (κ3) is 3.90. The van der Waals surface area contributed by atoms with Crippen LogP contribution in [-0.2, 0) is 4.74 Å². The molecule has 0 aliphatic rings. The summed E-state index contributed by atoms with van der Waals surface area (Å²) in [6, 6.07) is 7.12. The first-order valence-electron chi connectivity index (χ1n) is 8.70. The molecule has 1 N–H and O–H groups in total. The Bertz CT molecular complexity index is 810. The predicted molar refractivity (Wildman–Crippen MR) is 98.4 cm³/mol. The maximum absolute atomic E-state index is 12.6. The Balaban J connectivity index is 2.93. The van der Waals surface area contributed by atoms with Gasteiger partial charge in [0.25, 0.3) is 0 Å². The number of aromatic carboxylic acids is 1. The lowest BCUT2D eigenvalue weighted by Gasteiger charge is -2.21. The van der Waals surface area contributed by atoms with Gasteiger partial charge >= 0.3 is 11.9 Å². The van der Waals surface area contributed by atoms with Crippen molar-refractivity contribution in [3.05, 3.63) is 35.4 Å². The molecule has 0 saturated heterocycles. The molecule has 0 spiro atoms. The Morgan fingerprint density at radius 1 is 1.04 bits per heavy atom. The van der Waals surface area contributed by atoms with Crippen LogP contribution in [0.5, 0.6) is 11.5 Å². The number of carboxylic acids is 1. The normalized spacial score (nSPS) is 10.8. The molecule has 0 atom stereocenters. The number of ether oxygens (including phenoxy) is 3. The van der Waals surface area contributed by atoms with Gasteiger partial charge in [0.05, 0.1) is 19.3 Å². The topological polar surface area (TPSA) is 82.1 Å². The van der Waals surface area contributed by atoms with E-state index in [0.29, 0.717) is 23.8 Å². The number of hydrogen-bond acceptors (Lipinski definition) is 5. The van der Waals surface area contributed by atoms with Crippen molar-refractivity contribution in [2.45, 2.75) is 40.2 Å². The van der Waals surface area contributed by atoms with Gasteiger partial charge in [0.2, 0.25) is 0 Å². The number of benzene rings is 2. The van der Waals surface area contributed by atoms with Gasteiger partial charge in [0.15, 0.2) is 0 Å². The second kappa shape index (κ2) is 8.56. The number of fused-ring (bicyclic) bond motifs is 1. The van der Waals surface area contributed by atoms with Crippen molar-refractivity contribution in [3.63, 3.8) is 0 Å². The second-order valence-electron chi connectivity index (χ2n) is 5.99. The zero-order valence-corrected chi connectivity index (χ0v) is 15.5. The molecule has 0 aliphatic heterocycles. The van der Waals surface area contributed by atoms with Crippen LogP contribution in [0, 0.1) is 0 Å². The zero-order chi connectivity index (χ0) is 19.3. The Morgan fingerprint density at radius 3 is 2.15 bits per heavy atom. The lowest BCUT2D eigenvalue weighted by molar-refractivity contribution is 0.0507. The van der Waals surface area contributed by atoms with Gasteiger partial charge in [-0.2, -0.15) is 0 Å². The summed E-state index contributed by atoms with van der Waals surface area (Å²) in [5.41, 5.74) is -0.343. The van der Waals surface area contributed by atoms with Crippen molar-refractivity contribution in [1.82, 2.24) is 0 Å². The molecule has 6 nitrogen and oxygen atoms in total. The summed E-state index contributed by atoms with van der Waals surface area (Å²) in [5.74, 6) is -1.64. The van der Waals surface area contributed by atoms with E-state index < -0.39 is 11.9 Å². The van der Waals surface area contributed by atoms with Gasteiger partial charge in [0.1, 0.15) is 22.6 Å². The molecule has 0 radical (unpaired) electrons. The first-order valence-corrected chi connectivity index (χ1v) is 8.70. The molecule has 26 heavy (non-hydrogen) atoms. The van der Waals surface area contributed by atoms with Gasteiger partial charge in [-0.15, -0.1) is 0 Å². The van der Waals surface area contributed by atoms with Crippen LogP contribution >= 0.6 is 0 Å². The lowest BCUT2D eigenvalue weighted by Crippen LogP contribution is -2.18. The van der Waals surface area contributed by atoms with Crippen LogP contribution < -0.4 is 9.47 Å². The third-order valence-corrected chi connectivity index (χ3v) is 3.62. The Hall–Kier alpha value is -2.76. The van der Waals surface area contributed by atoms with Crippen molar-refractivity contribution in [2.75, 3.05) is 13.2 Å². The highest BCUT2D eigenvalue weighted by atomic mass is 16.5. The fourth-order valence-corrected chi connectivity index (χ4v) is 2.69. The van der Waals surface area contributed by atoms with Crippen molar-refractivity contribution in [3.8, 4) is 11.5 Å². The maximum atomic E-state index is 12.6. The van der Waals surface area contributed by atoms with Crippen LogP contribution in [0.3, 0.4) is 0 Å². The van der Waals surface area contributed by atoms with Crippen molar-refractivity contribution in [2.24, 2.45) is 0 Å². The predicted octanol–water partition coefficient (Wildman–Crippen LogP) is 4.29. The summed E-state index contributed by atoms with van der Waals surface area (Å²) in [5, 5.41) is 11.0. The van der Waals surface area contributed by atoms with Gasteiger partial charge in [-0.25, -0.2) is 9.59 Å². The molecule has 2 aromatic carbocycles. The summed E-state index contributed by atoms with van der Waals surface area (Å²) in [6.07, 6.45) is 0.442. The van der Waals surface area contributed by atoms with E-state index in [0.717, 1.165) is 0 Å². The number of esters is 1. The first kappa shape index (κ1) is 19.6. The SMILES string of the molecule is CCCOc1c(C(=O)OCC)c(C(=O)O)c(OC(C)C)c2ccccc12. The summed E-state index contributed by atoms with van der Waals surface area (Å²) >= 11 is 0. The van der Waals surface area contributed by atoms with Crippen molar-refractivity contribution in [1.29, 1.82) is 0 Å². The Labute approximate surface area is 152 Å². The molecule has 2 aromatic rings. The Morgan fingerprint density at radius 2 is 1.65 bits per heavy atom. The van der Waals surface area contributed by atoms with E-state index in [1.165, 1.54) is 0 Å². The minimum absolute atomic E-state index is 0.109. The van der Waals surface area contributed by atoms with E-state index in [9.17, 15) is 14.7 Å². The van der Waals surface area contributed by atoms with Gasteiger partial charge < -0.3 is 19.3 Å². The molecule has 0 heterocycles. The summed E-state index contributed by atoms with van der Waals surface area (Å²) in [7, 11) is 0. The van der Waals surface area contributed by atoms with Crippen LogP contribution in [0.2, 0.25) is 0 Å². The van der Waals surface area contributed by atoms with Crippen LogP contribution in [0.1, 0.15) is 54.8 Å². The quantitative estimate of drug-likeness (QED) is 0.707. The molecular weight excluding hydrogens is 336 g/mol. The third-order valence-electron chi connectivity index (χ3n) is 3.62. The van der Waals surface area contributed by atoms with Gasteiger partial charge in [-0.3, -0.25) is 0 Å². The number of hydrogen-bond donors (Lipinski definition) is 1. The van der Waals surface area contributed by atoms with Gasteiger partial charge in [-0.1, -0.05) is 31.2 Å². The average Bonchev–Trinajstić information content (AvgIpc) is 2.59. The fourth-order valence-electron chi connectivity index (χ4n) is 2.69. The number of carbonyl (C=O) groups excluding carboxylic acids is 1. The second-order valence-corrected chi connectivity index (χ2v) is 5.99. The standard InChI is InChI=1S/C20H24O6/c1-5-11-25-17-13-9-7-8-10-14(13)18(26-12(3)4)15(19(21)22)16(17)20(23)24-6-2/h7-10,12H,5-6,11H2,1-4H3,(H,21,22). The minimum Gasteiger partial charge on any atom is -0.492 e. The van der Waals surface area contributed by atoms with Crippen molar-refractivity contribution < 1.29 is 28.9 Å². The molecule has 0 aliphatic carbocycles. The average molecular weight is 360 g/mol. The van der Waals surface area contributed by atoms with E-state index >= 15 is 0 Å². The van der Waals surface area contributed by atoms with E-state index in [1.807, 2.05) is 6.92 Å². The monoisotopic (exact) mass is 360 g/mol. The summed E-state index contributed by atoms with van der Waals surface area (Å²) in [6.45, 7) is 7.66. The van der Waals surface area contributed by atoms with Crippen LogP contribution in [-0.4, -0.2) is 36.4 Å². The number of rotatable bonds is 8. The van der Waals surface area contributed by atoms with Gasteiger partial charge in [-0.05, 0) is 27.2 Å². The van der Waals surface area contributed by atoms with Crippen molar-refractivity contribution >= 4 is 22.7 Å². The van der Waals surface area contributed by atoms with Gasteiger partial charge in [0, 0.05) is 10.8 Å². The molecule has 0 amide bonds. The summed E-state index contributed by atoms with van der Waals surface area (Å²) < 4.78 is 16.7. The molecule has 0 aromatic heterocycles. The van der Waals surface area contributed by atoms with E-state index in [4.69, 9.17) is 14.2 Å². The smallest absolute Gasteiger partial charge is 0.342 e. The Kier molecular flexibility index (Phi) is 6.44. The molecular formula is C20H24O6. The number of carbonyl (C=O) groups is 2. The maximum Gasteiger partial charge on any atom is 0.342 e. The molecule has 0 saturated carbocycles. The van der Waals surface area contributed by atoms with Crippen LogP contribution in [0.15, 0.2) is 24.3 Å². The molecule has 0 bridgehead atoms. The fraction of sp³-hybridized carbons (Fsp3) is 0.400. The molecule has 140 valence electrons. The zero-order valence-electron chi connectivity index (χ0n) is 15.5. The molecule has 0 fully saturated rings.